The van der Waals surface area contributed by atoms with Gasteiger partial charge in [0, 0.05) is 17.1 Å². The molecule has 2 unspecified atom stereocenters. The first-order chi connectivity index (χ1) is 10.7. The lowest BCUT2D eigenvalue weighted by molar-refractivity contribution is 0.125. The summed E-state index contributed by atoms with van der Waals surface area (Å²) >= 11 is 5.94. The van der Waals surface area contributed by atoms with Crippen LogP contribution in [0, 0.1) is 5.92 Å². The van der Waals surface area contributed by atoms with Crippen LogP contribution in [0.3, 0.4) is 0 Å². The zero-order valence-corrected chi connectivity index (χ0v) is 14.0. The molecule has 1 heterocycles. The summed E-state index contributed by atoms with van der Waals surface area (Å²) in [6, 6.07) is 9.42. The summed E-state index contributed by atoms with van der Waals surface area (Å²) in [5.74, 6) is 8.82. The highest BCUT2D eigenvalue weighted by atomic mass is 35.5. The maximum absolute atomic E-state index is 6.23. The second-order valence-corrected chi connectivity index (χ2v) is 6.91. The Labute approximate surface area is 138 Å². The van der Waals surface area contributed by atoms with Gasteiger partial charge in [-0.1, -0.05) is 30.2 Å². The van der Waals surface area contributed by atoms with Crippen LogP contribution in [-0.4, -0.2) is 30.1 Å². The van der Waals surface area contributed by atoms with Crippen molar-refractivity contribution in [2.45, 2.75) is 50.6 Å². The standard InChI is InChI=1S/C17H25ClN2.H4N2/c18-15-6-4-13(5-7-15)12-14-8-10-20(11-9-14)17-3-1-2-16(17)19;1-2/h4-7,14,16-17H,1-3,8-12,19H2;1-2H2. The molecule has 3 rings (SSSR count). The average Bonchev–Trinajstić information content (AvgIpc) is 2.98. The molecule has 0 spiro atoms. The largest absolute Gasteiger partial charge is 0.326 e. The molecule has 5 heteroatoms. The van der Waals surface area contributed by atoms with Gasteiger partial charge in [0.25, 0.3) is 0 Å². The van der Waals surface area contributed by atoms with Crippen LogP contribution in [0.2, 0.25) is 5.02 Å². The molecule has 0 aromatic heterocycles. The molecule has 1 aliphatic heterocycles. The van der Waals surface area contributed by atoms with Gasteiger partial charge in [0.15, 0.2) is 0 Å². The van der Waals surface area contributed by atoms with Crippen LogP contribution in [0.15, 0.2) is 24.3 Å². The number of nitrogens with two attached hydrogens (primary N) is 3. The van der Waals surface area contributed by atoms with E-state index >= 15 is 0 Å². The van der Waals surface area contributed by atoms with E-state index in [9.17, 15) is 0 Å². The van der Waals surface area contributed by atoms with Gasteiger partial charge >= 0.3 is 0 Å². The van der Waals surface area contributed by atoms with E-state index in [0.717, 1.165) is 10.9 Å². The predicted molar refractivity (Wildman–Crippen MR) is 93.4 cm³/mol. The van der Waals surface area contributed by atoms with Crippen molar-refractivity contribution in [1.29, 1.82) is 0 Å². The third-order valence-electron chi connectivity index (χ3n) is 5.09. The number of hydrogen-bond donors (Lipinski definition) is 3. The maximum Gasteiger partial charge on any atom is 0.0406 e. The van der Waals surface area contributed by atoms with Crippen LogP contribution in [0.1, 0.15) is 37.7 Å². The number of hydrazine groups is 1. The van der Waals surface area contributed by atoms with Crippen molar-refractivity contribution in [1.82, 2.24) is 4.90 Å². The summed E-state index contributed by atoms with van der Waals surface area (Å²) < 4.78 is 0. The smallest absolute Gasteiger partial charge is 0.0406 e. The van der Waals surface area contributed by atoms with E-state index in [0.29, 0.717) is 12.1 Å². The van der Waals surface area contributed by atoms with E-state index in [1.807, 2.05) is 12.1 Å². The maximum atomic E-state index is 6.23. The second-order valence-electron chi connectivity index (χ2n) is 6.47. The fraction of sp³-hybridized carbons (Fsp3) is 0.647. The van der Waals surface area contributed by atoms with Gasteiger partial charge in [-0.2, -0.15) is 0 Å². The van der Waals surface area contributed by atoms with Crippen LogP contribution in [-0.2, 0) is 6.42 Å². The van der Waals surface area contributed by atoms with Crippen LogP contribution in [0.25, 0.3) is 0 Å². The molecule has 124 valence electrons. The Morgan fingerprint density at radius 3 is 2.18 bits per heavy atom. The molecule has 1 aliphatic carbocycles. The number of benzene rings is 1. The molecule has 2 aliphatic rings. The summed E-state index contributed by atoms with van der Waals surface area (Å²) in [5.41, 5.74) is 7.65. The van der Waals surface area contributed by atoms with Crippen LogP contribution >= 0.6 is 11.6 Å². The van der Waals surface area contributed by atoms with Crippen molar-refractivity contribution >= 4 is 11.6 Å². The molecule has 2 fully saturated rings. The summed E-state index contributed by atoms with van der Waals surface area (Å²) in [6.07, 6.45) is 7.66. The molecule has 1 aromatic carbocycles. The Balaban J connectivity index is 0.000000847. The van der Waals surface area contributed by atoms with Crippen molar-refractivity contribution in [3.05, 3.63) is 34.9 Å². The molecule has 2 atom stereocenters. The topological polar surface area (TPSA) is 81.3 Å². The summed E-state index contributed by atoms with van der Waals surface area (Å²) in [4.78, 5) is 2.65. The molecule has 22 heavy (non-hydrogen) atoms. The van der Waals surface area contributed by atoms with Gasteiger partial charge in [0.05, 0.1) is 0 Å². The third-order valence-corrected chi connectivity index (χ3v) is 5.34. The van der Waals surface area contributed by atoms with Gasteiger partial charge in [-0.05, 0) is 68.8 Å². The van der Waals surface area contributed by atoms with Crippen LogP contribution < -0.4 is 17.4 Å². The molecule has 1 saturated carbocycles. The monoisotopic (exact) mass is 324 g/mol. The fourth-order valence-corrected chi connectivity index (χ4v) is 3.99. The Morgan fingerprint density at radius 1 is 1.00 bits per heavy atom. The number of rotatable bonds is 3. The fourth-order valence-electron chi connectivity index (χ4n) is 3.87. The van der Waals surface area contributed by atoms with Crippen molar-refractivity contribution in [3.8, 4) is 0 Å². The Bertz CT molecular complexity index is 429. The zero-order chi connectivity index (χ0) is 15.9. The Kier molecular flexibility index (Phi) is 7.12. The van der Waals surface area contributed by atoms with E-state index in [-0.39, 0.29) is 0 Å². The summed E-state index contributed by atoms with van der Waals surface area (Å²) in [7, 11) is 0. The highest BCUT2D eigenvalue weighted by Crippen LogP contribution is 2.28. The van der Waals surface area contributed by atoms with E-state index in [1.54, 1.807) is 0 Å². The van der Waals surface area contributed by atoms with Crippen molar-refractivity contribution in [2.24, 2.45) is 23.3 Å². The number of nitrogens with zero attached hydrogens (tertiary/aromatic N) is 1. The van der Waals surface area contributed by atoms with Crippen molar-refractivity contribution < 1.29 is 0 Å². The highest BCUT2D eigenvalue weighted by Gasteiger charge is 2.31. The lowest BCUT2D eigenvalue weighted by Gasteiger charge is -2.37. The van der Waals surface area contributed by atoms with Gasteiger partial charge in [0.1, 0.15) is 0 Å². The molecule has 0 bridgehead atoms. The van der Waals surface area contributed by atoms with Gasteiger partial charge in [0.2, 0.25) is 0 Å². The first kappa shape index (κ1) is 17.7. The SMILES string of the molecule is NC1CCCC1N1CCC(Cc2ccc(Cl)cc2)CC1.NN. The molecule has 0 radical (unpaired) electrons. The minimum absolute atomic E-state index is 0.419. The number of halogens is 1. The van der Waals surface area contributed by atoms with Crippen LogP contribution in [0.5, 0.6) is 0 Å². The van der Waals surface area contributed by atoms with E-state index in [1.165, 1.54) is 57.2 Å². The zero-order valence-electron chi connectivity index (χ0n) is 13.3. The molecule has 1 saturated heterocycles. The second kappa shape index (κ2) is 8.85. The van der Waals surface area contributed by atoms with Crippen molar-refractivity contribution in [3.63, 3.8) is 0 Å². The summed E-state index contributed by atoms with van der Waals surface area (Å²) in [5, 5.41) is 0.832. The van der Waals surface area contributed by atoms with Crippen molar-refractivity contribution in [2.75, 3.05) is 13.1 Å². The number of likely N-dealkylation sites (tertiary alicyclic amines) is 1. The van der Waals surface area contributed by atoms with E-state index in [2.05, 4.69) is 28.7 Å². The van der Waals surface area contributed by atoms with Gasteiger partial charge in [-0.25, -0.2) is 0 Å². The molecule has 4 nitrogen and oxygen atoms in total. The first-order valence-electron chi connectivity index (χ1n) is 8.30. The van der Waals surface area contributed by atoms with E-state index < -0.39 is 0 Å². The van der Waals surface area contributed by atoms with E-state index in [4.69, 9.17) is 17.3 Å². The molecular weight excluding hydrogens is 296 g/mol. The Hall–Kier alpha value is -0.650. The molecule has 6 N–H and O–H groups in total. The average molecular weight is 325 g/mol. The van der Waals surface area contributed by atoms with Crippen LogP contribution in [0.4, 0.5) is 0 Å². The molecule has 1 aromatic rings. The van der Waals surface area contributed by atoms with Gasteiger partial charge < -0.3 is 5.73 Å². The third kappa shape index (κ3) is 4.67. The highest BCUT2D eigenvalue weighted by molar-refractivity contribution is 6.30. The number of hydrogen-bond acceptors (Lipinski definition) is 4. The normalized spacial score (nSPS) is 26.5. The molecule has 0 amide bonds. The summed E-state index contributed by atoms with van der Waals surface area (Å²) in [6.45, 7) is 2.47. The minimum atomic E-state index is 0.419. The number of piperidine rings is 1. The lowest BCUT2D eigenvalue weighted by Crippen LogP contribution is -2.48. The predicted octanol–water partition coefficient (Wildman–Crippen LogP) is 2.29. The van der Waals surface area contributed by atoms with Gasteiger partial charge in [-0.3, -0.25) is 16.6 Å². The lowest BCUT2D eigenvalue weighted by atomic mass is 9.89. The molecular formula is C17H29ClN4. The quantitative estimate of drug-likeness (QED) is 0.588. The Morgan fingerprint density at radius 2 is 1.64 bits per heavy atom. The first-order valence-corrected chi connectivity index (χ1v) is 8.67. The van der Waals surface area contributed by atoms with Gasteiger partial charge in [-0.15, -0.1) is 0 Å². The minimum Gasteiger partial charge on any atom is -0.326 e.